The molecule has 0 fully saturated rings. The number of ether oxygens (including phenoxy) is 1. The molecule has 1 amide bonds. The van der Waals surface area contributed by atoms with Gasteiger partial charge in [-0.15, -0.1) is 0 Å². The van der Waals surface area contributed by atoms with Crippen LogP contribution in [0.15, 0.2) is 60.1 Å². The maximum atomic E-state index is 12.8. The molecule has 2 aromatic rings. The third-order valence-electron chi connectivity index (χ3n) is 4.33. The van der Waals surface area contributed by atoms with Crippen LogP contribution >= 0.6 is 0 Å². The van der Waals surface area contributed by atoms with Gasteiger partial charge in [0.05, 0.1) is 18.7 Å². The van der Waals surface area contributed by atoms with Crippen molar-refractivity contribution >= 4 is 17.4 Å². The number of aromatic nitrogens is 1. The Morgan fingerprint density at radius 3 is 2.65 bits per heavy atom. The fraction of sp³-hybridized carbons (Fsp3) is 0.250. The van der Waals surface area contributed by atoms with Crippen molar-refractivity contribution < 1.29 is 19.4 Å². The average Bonchev–Trinajstić information content (AvgIpc) is 2.93. The van der Waals surface area contributed by atoms with Gasteiger partial charge >= 0.3 is 0 Å². The van der Waals surface area contributed by atoms with Crippen LogP contribution in [0.5, 0.6) is 5.75 Å². The van der Waals surface area contributed by atoms with Gasteiger partial charge in [0, 0.05) is 30.1 Å². The van der Waals surface area contributed by atoms with Crippen LogP contribution in [0, 0.1) is 5.92 Å². The maximum absolute atomic E-state index is 12.8. The van der Waals surface area contributed by atoms with Crippen LogP contribution in [-0.4, -0.2) is 28.9 Å². The summed E-state index contributed by atoms with van der Waals surface area (Å²) >= 11 is 0. The zero-order valence-electron chi connectivity index (χ0n) is 14.8. The highest BCUT2D eigenvalue weighted by atomic mass is 16.5. The molecule has 1 atom stereocenters. The van der Waals surface area contributed by atoms with Crippen LogP contribution in [0.2, 0.25) is 0 Å². The number of hydrogen-bond acceptors (Lipinski definition) is 5. The Bertz CT molecular complexity index is 874. The van der Waals surface area contributed by atoms with Gasteiger partial charge in [0.15, 0.2) is 11.5 Å². The number of Topliss-reactive ketones (excluding diaryl/α,β-unsaturated/α-hetero) is 1. The van der Waals surface area contributed by atoms with Crippen molar-refractivity contribution in [1.82, 2.24) is 4.98 Å². The molecule has 6 heteroatoms. The molecule has 0 saturated carbocycles. The first-order valence-electron chi connectivity index (χ1n) is 8.30. The minimum absolute atomic E-state index is 0.0980. The number of aliphatic hydroxyl groups is 1. The smallest absolute Gasteiger partial charge is 0.294 e. The van der Waals surface area contributed by atoms with Gasteiger partial charge in [-0.2, -0.15) is 0 Å². The molecule has 1 aliphatic heterocycles. The number of aliphatic hydroxyl groups excluding tert-OH is 1. The van der Waals surface area contributed by atoms with Gasteiger partial charge in [0.25, 0.3) is 5.91 Å². The Balaban J connectivity index is 2.18. The standard InChI is InChI=1S/C20H20N2O4/c1-12(2)18(23)16-17(13-6-5-9-21-11-13)22(20(25)19(16)24)14-7-4-8-15(10-14)26-3/h4-12,17,24H,1-3H3. The first-order valence-corrected chi connectivity index (χ1v) is 8.30. The summed E-state index contributed by atoms with van der Waals surface area (Å²) in [5.74, 6) is -1.18. The van der Waals surface area contributed by atoms with E-state index in [9.17, 15) is 14.7 Å². The van der Waals surface area contributed by atoms with E-state index >= 15 is 0 Å². The zero-order chi connectivity index (χ0) is 18.8. The lowest BCUT2D eigenvalue weighted by atomic mass is 9.92. The summed E-state index contributed by atoms with van der Waals surface area (Å²) in [4.78, 5) is 31.1. The molecular formula is C20H20N2O4. The molecule has 1 unspecified atom stereocenters. The van der Waals surface area contributed by atoms with E-state index in [0.29, 0.717) is 17.0 Å². The third kappa shape index (κ3) is 2.94. The first kappa shape index (κ1) is 17.7. The number of anilines is 1. The Hall–Kier alpha value is -3.15. The number of benzene rings is 1. The van der Waals surface area contributed by atoms with E-state index in [4.69, 9.17) is 4.74 Å². The normalized spacial score (nSPS) is 17.2. The Labute approximate surface area is 151 Å². The monoisotopic (exact) mass is 352 g/mol. The molecule has 0 saturated heterocycles. The van der Waals surface area contributed by atoms with Crippen molar-refractivity contribution in [3.63, 3.8) is 0 Å². The molecule has 1 aromatic heterocycles. The lowest BCUT2D eigenvalue weighted by molar-refractivity contribution is -0.119. The van der Waals surface area contributed by atoms with Crippen LogP contribution in [0.1, 0.15) is 25.5 Å². The van der Waals surface area contributed by atoms with Crippen molar-refractivity contribution in [2.75, 3.05) is 12.0 Å². The van der Waals surface area contributed by atoms with Crippen LogP contribution < -0.4 is 9.64 Å². The van der Waals surface area contributed by atoms with Gasteiger partial charge in [0.1, 0.15) is 5.75 Å². The molecule has 6 nitrogen and oxygen atoms in total. The Morgan fingerprint density at radius 1 is 1.27 bits per heavy atom. The SMILES string of the molecule is COc1cccc(N2C(=O)C(O)=C(C(=O)C(C)C)C2c2cccnc2)c1. The summed E-state index contributed by atoms with van der Waals surface area (Å²) in [7, 11) is 1.53. The van der Waals surface area contributed by atoms with E-state index in [1.807, 2.05) is 0 Å². The van der Waals surface area contributed by atoms with Crippen molar-refractivity contribution in [3.05, 3.63) is 65.7 Å². The lowest BCUT2D eigenvalue weighted by Gasteiger charge is -2.27. The van der Waals surface area contributed by atoms with Crippen LogP contribution in [-0.2, 0) is 9.59 Å². The number of nitrogens with zero attached hydrogens (tertiary/aromatic N) is 2. The van der Waals surface area contributed by atoms with E-state index in [1.54, 1.807) is 62.6 Å². The fourth-order valence-corrected chi connectivity index (χ4v) is 3.05. The third-order valence-corrected chi connectivity index (χ3v) is 4.33. The summed E-state index contributed by atoms with van der Waals surface area (Å²) in [6.45, 7) is 3.48. The topological polar surface area (TPSA) is 79.7 Å². The summed E-state index contributed by atoms with van der Waals surface area (Å²) in [5.41, 5.74) is 1.28. The number of carbonyl (C=O) groups is 2. The van der Waals surface area contributed by atoms with Crippen molar-refractivity contribution in [3.8, 4) is 5.75 Å². The summed E-state index contributed by atoms with van der Waals surface area (Å²) < 4.78 is 5.24. The zero-order valence-corrected chi connectivity index (χ0v) is 14.8. The predicted octanol–water partition coefficient (Wildman–Crippen LogP) is 3.22. The summed E-state index contributed by atoms with van der Waals surface area (Å²) in [6, 6.07) is 9.72. The van der Waals surface area contributed by atoms with Gasteiger partial charge in [0.2, 0.25) is 0 Å². The maximum Gasteiger partial charge on any atom is 0.294 e. The van der Waals surface area contributed by atoms with Crippen LogP contribution in [0.25, 0.3) is 0 Å². The largest absolute Gasteiger partial charge is 0.503 e. The van der Waals surface area contributed by atoms with Crippen molar-refractivity contribution in [2.45, 2.75) is 19.9 Å². The minimum Gasteiger partial charge on any atom is -0.503 e. The summed E-state index contributed by atoms with van der Waals surface area (Å²) in [6.07, 6.45) is 3.21. The molecule has 0 aliphatic carbocycles. The van der Waals surface area contributed by atoms with Crippen molar-refractivity contribution in [1.29, 1.82) is 0 Å². The number of pyridine rings is 1. The lowest BCUT2D eigenvalue weighted by Crippen LogP contribution is -2.31. The number of amides is 1. The van der Waals surface area contributed by atoms with E-state index in [0.717, 1.165) is 0 Å². The second-order valence-electron chi connectivity index (χ2n) is 6.35. The second kappa shape index (κ2) is 7.00. The Morgan fingerprint density at radius 2 is 2.04 bits per heavy atom. The number of rotatable bonds is 5. The van der Waals surface area contributed by atoms with E-state index in [2.05, 4.69) is 4.98 Å². The molecule has 0 bridgehead atoms. The fourth-order valence-electron chi connectivity index (χ4n) is 3.05. The number of hydrogen-bond donors (Lipinski definition) is 1. The highest BCUT2D eigenvalue weighted by Crippen LogP contribution is 2.42. The molecule has 2 heterocycles. The van der Waals surface area contributed by atoms with Crippen molar-refractivity contribution in [2.24, 2.45) is 5.92 Å². The van der Waals surface area contributed by atoms with E-state index in [-0.39, 0.29) is 17.3 Å². The highest BCUT2D eigenvalue weighted by Gasteiger charge is 2.44. The molecule has 1 aromatic carbocycles. The molecule has 134 valence electrons. The highest BCUT2D eigenvalue weighted by molar-refractivity contribution is 6.16. The number of carbonyl (C=O) groups excluding carboxylic acids is 2. The number of methoxy groups -OCH3 is 1. The van der Waals surface area contributed by atoms with E-state index in [1.165, 1.54) is 12.0 Å². The molecule has 26 heavy (non-hydrogen) atoms. The van der Waals surface area contributed by atoms with Crippen LogP contribution in [0.3, 0.4) is 0 Å². The van der Waals surface area contributed by atoms with Gasteiger partial charge in [-0.05, 0) is 23.8 Å². The molecule has 3 rings (SSSR count). The summed E-state index contributed by atoms with van der Waals surface area (Å²) in [5, 5.41) is 10.5. The molecule has 1 aliphatic rings. The molecule has 0 spiro atoms. The first-order chi connectivity index (χ1) is 12.5. The average molecular weight is 352 g/mol. The van der Waals surface area contributed by atoms with Gasteiger partial charge in [-0.3, -0.25) is 19.5 Å². The molecular weight excluding hydrogens is 332 g/mol. The second-order valence-corrected chi connectivity index (χ2v) is 6.35. The van der Waals surface area contributed by atoms with E-state index < -0.39 is 17.7 Å². The Kier molecular flexibility index (Phi) is 4.75. The minimum atomic E-state index is -0.738. The molecule has 1 N–H and O–H groups in total. The van der Waals surface area contributed by atoms with Gasteiger partial charge < -0.3 is 9.84 Å². The predicted molar refractivity (Wildman–Crippen MR) is 97.0 cm³/mol. The molecule has 0 radical (unpaired) electrons. The van der Waals surface area contributed by atoms with Gasteiger partial charge in [-0.1, -0.05) is 26.0 Å². The van der Waals surface area contributed by atoms with Gasteiger partial charge in [-0.25, -0.2) is 0 Å². The van der Waals surface area contributed by atoms with Crippen LogP contribution in [0.4, 0.5) is 5.69 Å². The number of ketones is 1. The quantitative estimate of drug-likeness (QED) is 0.894.